The molecule has 0 bridgehead atoms. The van der Waals surface area contributed by atoms with Crippen LogP contribution in [-0.2, 0) is 0 Å². The molecule has 0 aromatic heterocycles. The van der Waals surface area contributed by atoms with Gasteiger partial charge < -0.3 is 15.7 Å². The first-order valence-electron chi connectivity index (χ1n) is 4.44. The molecule has 14 heavy (non-hydrogen) atoms. The average molecular weight is 215 g/mol. The minimum Gasteiger partial charge on any atom is -0.398 e. The first-order valence-corrected chi connectivity index (χ1v) is 4.81. The maximum Gasteiger partial charge on any atom is 0.0656 e. The third kappa shape index (κ3) is 2.30. The van der Waals surface area contributed by atoms with E-state index in [9.17, 15) is 0 Å². The van der Waals surface area contributed by atoms with Crippen molar-refractivity contribution in [3.63, 3.8) is 0 Å². The van der Waals surface area contributed by atoms with Crippen molar-refractivity contribution in [1.29, 1.82) is 0 Å². The fourth-order valence-corrected chi connectivity index (χ4v) is 1.53. The number of aliphatic hydroxyl groups excluding tert-OH is 1. The summed E-state index contributed by atoms with van der Waals surface area (Å²) in [5, 5.41) is 9.36. The van der Waals surface area contributed by atoms with Crippen LogP contribution in [0.4, 0.5) is 11.4 Å². The van der Waals surface area contributed by atoms with Gasteiger partial charge >= 0.3 is 0 Å². The molecule has 0 spiro atoms. The number of halogens is 1. The predicted molar refractivity (Wildman–Crippen MR) is 61.0 cm³/mol. The van der Waals surface area contributed by atoms with Crippen LogP contribution in [0.5, 0.6) is 0 Å². The van der Waals surface area contributed by atoms with E-state index in [-0.39, 0.29) is 6.61 Å². The topological polar surface area (TPSA) is 49.5 Å². The van der Waals surface area contributed by atoms with Gasteiger partial charge in [-0.1, -0.05) is 11.6 Å². The SMILES string of the molecule is Cc1cc(N)c(Cl)cc1N(C)CCO. The van der Waals surface area contributed by atoms with Gasteiger partial charge in [-0.3, -0.25) is 0 Å². The Bertz CT molecular complexity index is 328. The van der Waals surface area contributed by atoms with Crippen LogP contribution >= 0.6 is 11.6 Å². The Labute approximate surface area is 89.1 Å². The molecular weight excluding hydrogens is 200 g/mol. The largest absolute Gasteiger partial charge is 0.398 e. The number of nitrogens with two attached hydrogens (primary N) is 1. The van der Waals surface area contributed by atoms with Gasteiger partial charge in [0.25, 0.3) is 0 Å². The number of nitrogen functional groups attached to an aromatic ring is 1. The molecule has 0 heterocycles. The Balaban J connectivity index is 3.02. The number of benzene rings is 1. The molecule has 0 atom stereocenters. The Morgan fingerprint density at radius 3 is 2.71 bits per heavy atom. The summed E-state index contributed by atoms with van der Waals surface area (Å²) in [5.74, 6) is 0. The van der Waals surface area contributed by atoms with E-state index in [4.69, 9.17) is 22.4 Å². The van der Waals surface area contributed by atoms with Crippen LogP contribution in [0.25, 0.3) is 0 Å². The molecule has 78 valence electrons. The second kappa shape index (κ2) is 4.53. The lowest BCUT2D eigenvalue weighted by molar-refractivity contribution is 0.304. The summed E-state index contributed by atoms with van der Waals surface area (Å²) in [6.45, 7) is 2.68. The fraction of sp³-hybridized carbons (Fsp3) is 0.400. The Kier molecular flexibility index (Phi) is 3.61. The van der Waals surface area contributed by atoms with Crippen molar-refractivity contribution in [2.45, 2.75) is 6.92 Å². The van der Waals surface area contributed by atoms with Crippen molar-refractivity contribution in [3.05, 3.63) is 22.7 Å². The van der Waals surface area contributed by atoms with E-state index < -0.39 is 0 Å². The van der Waals surface area contributed by atoms with E-state index in [1.54, 1.807) is 0 Å². The lowest BCUT2D eigenvalue weighted by Gasteiger charge is -2.21. The summed E-state index contributed by atoms with van der Waals surface area (Å²) in [6.07, 6.45) is 0. The van der Waals surface area contributed by atoms with Crippen molar-refractivity contribution >= 4 is 23.0 Å². The minimum absolute atomic E-state index is 0.123. The van der Waals surface area contributed by atoms with Gasteiger partial charge in [0.2, 0.25) is 0 Å². The number of nitrogens with zero attached hydrogens (tertiary/aromatic N) is 1. The van der Waals surface area contributed by atoms with Crippen LogP contribution in [0, 0.1) is 6.92 Å². The van der Waals surface area contributed by atoms with Crippen LogP contribution in [0.15, 0.2) is 12.1 Å². The van der Waals surface area contributed by atoms with E-state index in [1.807, 2.05) is 31.0 Å². The normalized spacial score (nSPS) is 10.3. The molecule has 0 aliphatic heterocycles. The van der Waals surface area contributed by atoms with Gasteiger partial charge in [-0.25, -0.2) is 0 Å². The molecule has 0 radical (unpaired) electrons. The van der Waals surface area contributed by atoms with Gasteiger partial charge in [0, 0.05) is 19.3 Å². The van der Waals surface area contributed by atoms with Crippen molar-refractivity contribution < 1.29 is 5.11 Å². The number of anilines is 2. The quantitative estimate of drug-likeness (QED) is 0.753. The van der Waals surface area contributed by atoms with Crippen LogP contribution in [0.3, 0.4) is 0 Å². The highest BCUT2D eigenvalue weighted by Crippen LogP contribution is 2.28. The van der Waals surface area contributed by atoms with Gasteiger partial charge in [0.15, 0.2) is 0 Å². The number of rotatable bonds is 3. The van der Waals surface area contributed by atoms with E-state index in [2.05, 4.69) is 0 Å². The van der Waals surface area contributed by atoms with Crippen LogP contribution in [0.1, 0.15) is 5.56 Å². The maximum atomic E-state index is 8.81. The summed E-state index contributed by atoms with van der Waals surface area (Å²) >= 11 is 5.92. The summed E-state index contributed by atoms with van der Waals surface area (Å²) in [4.78, 5) is 1.95. The predicted octanol–water partition coefficient (Wildman–Crippen LogP) is 1.66. The van der Waals surface area contributed by atoms with Crippen molar-refractivity contribution in [2.24, 2.45) is 0 Å². The van der Waals surface area contributed by atoms with Gasteiger partial charge in [-0.2, -0.15) is 0 Å². The number of aryl methyl sites for hydroxylation is 1. The Hall–Kier alpha value is -0.930. The number of likely N-dealkylation sites (N-methyl/N-ethyl adjacent to an activating group) is 1. The molecule has 4 heteroatoms. The molecule has 3 nitrogen and oxygen atoms in total. The highest BCUT2D eigenvalue weighted by molar-refractivity contribution is 6.33. The van der Waals surface area contributed by atoms with E-state index in [0.717, 1.165) is 11.3 Å². The zero-order valence-electron chi connectivity index (χ0n) is 8.42. The maximum absolute atomic E-state index is 8.81. The first-order chi connectivity index (χ1) is 6.56. The second-order valence-electron chi connectivity index (χ2n) is 3.31. The van der Waals surface area contributed by atoms with E-state index in [0.29, 0.717) is 17.3 Å². The van der Waals surface area contributed by atoms with Crippen molar-refractivity contribution in [3.8, 4) is 0 Å². The number of hydrogen-bond acceptors (Lipinski definition) is 3. The van der Waals surface area contributed by atoms with Crippen molar-refractivity contribution in [2.75, 3.05) is 30.8 Å². The summed E-state index contributed by atoms with van der Waals surface area (Å²) < 4.78 is 0. The first kappa shape index (κ1) is 11.1. The Morgan fingerprint density at radius 2 is 2.14 bits per heavy atom. The number of aliphatic hydroxyl groups is 1. The van der Waals surface area contributed by atoms with Gasteiger partial charge in [0.1, 0.15) is 0 Å². The highest BCUT2D eigenvalue weighted by Gasteiger charge is 2.07. The summed E-state index contributed by atoms with van der Waals surface area (Å²) in [7, 11) is 1.91. The molecule has 0 saturated heterocycles. The molecule has 1 aromatic rings. The third-order valence-electron chi connectivity index (χ3n) is 2.16. The molecule has 1 aromatic carbocycles. The van der Waals surface area contributed by atoms with Crippen molar-refractivity contribution in [1.82, 2.24) is 0 Å². The molecule has 0 unspecified atom stereocenters. The lowest BCUT2D eigenvalue weighted by Crippen LogP contribution is -2.22. The van der Waals surface area contributed by atoms with Crippen LogP contribution in [0.2, 0.25) is 5.02 Å². The molecule has 0 aliphatic rings. The monoisotopic (exact) mass is 214 g/mol. The molecule has 1 rings (SSSR count). The number of hydrogen-bond donors (Lipinski definition) is 2. The molecule has 0 saturated carbocycles. The zero-order chi connectivity index (χ0) is 10.7. The molecule has 0 fully saturated rings. The zero-order valence-corrected chi connectivity index (χ0v) is 9.17. The third-order valence-corrected chi connectivity index (χ3v) is 2.49. The summed E-state index contributed by atoms with van der Waals surface area (Å²) in [5.41, 5.74) is 8.31. The lowest BCUT2D eigenvalue weighted by atomic mass is 10.1. The smallest absolute Gasteiger partial charge is 0.0656 e. The van der Waals surface area contributed by atoms with E-state index >= 15 is 0 Å². The summed E-state index contributed by atoms with van der Waals surface area (Å²) in [6, 6.07) is 3.66. The highest BCUT2D eigenvalue weighted by atomic mass is 35.5. The van der Waals surface area contributed by atoms with Gasteiger partial charge in [-0.15, -0.1) is 0 Å². The minimum atomic E-state index is 0.123. The molecular formula is C10H15ClN2O. The Morgan fingerprint density at radius 1 is 1.50 bits per heavy atom. The van der Waals surface area contributed by atoms with Gasteiger partial charge in [0.05, 0.1) is 17.3 Å². The fourth-order valence-electron chi connectivity index (χ4n) is 1.38. The second-order valence-corrected chi connectivity index (χ2v) is 3.71. The van der Waals surface area contributed by atoms with E-state index in [1.165, 1.54) is 0 Å². The molecule has 3 N–H and O–H groups in total. The average Bonchev–Trinajstić information content (AvgIpc) is 2.11. The molecule has 0 amide bonds. The molecule has 0 aliphatic carbocycles. The van der Waals surface area contributed by atoms with Crippen LogP contribution < -0.4 is 10.6 Å². The van der Waals surface area contributed by atoms with Gasteiger partial charge in [-0.05, 0) is 24.6 Å². The van der Waals surface area contributed by atoms with Crippen LogP contribution in [-0.4, -0.2) is 25.3 Å². The standard InChI is InChI=1S/C10H15ClN2O/c1-7-5-9(12)8(11)6-10(7)13(2)3-4-14/h5-6,14H,3-4,12H2,1-2H3.